The van der Waals surface area contributed by atoms with Crippen LogP contribution in [0.1, 0.15) is 35.5 Å². The monoisotopic (exact) mass is 460 g/mol. The van der Waals surface area contributed by atoms with E-state index in [1.165, 1.54) is 25.1 Å². The van der Waals surface area contributed by atoms with Gasteiger partial charge in [-0.25, -0.2) is 9.59 Å². The summed E-state index contributed by atoms with van der Waals surface area (Å²) < 4.78 is 5.11. The summed E-state index contributed by atoms with van der Waals surface area (Å²) in [5, 5.41) is 13.5. The second kappa shape index (κ2) is 9.24. The van der Waals surface area contributed by atoms with Gasteiger partial charge in [-0.05, 0) is 42.8 Å². The molecule has 3 aromatic rings. The molecule has 7 nitrogen and oxygen atoms in total. The van der Waals surface area contributed by atoms with Crippen LogP contribution in [0.3, 0.4) is 0 Å². The number of nitrogens with one attached hydrogen (secondary N) is 2. The molecule has 0 atom stereocenters. The molecule has 2 aromatic carbocycles. The highest BCUT2D eigenvalue weighted by Crippen LogP contribution is 2.35. The lowest BCUT2D eigenvalue weighted by Crippen LogP contribution is -2.08. The van der Waals surface area contributed by atoms with E-state index < -0.39 is 11.9 Å². The van der Waals surface area contributed by atoms with Crippen molar-refractivity contribution in [1.29, 1.82) is 0 Å². The predicted molar refractivity (Wildman–Crippen MR) is 121 cm³/mol. The lowest BCUT2D eigenvalue weighted by Gasteiger charge is -2.08. The molecule has 0 aliphatic heterocycles. The van der Waals surface area contributed by atoms with Crippen LogP contribution in [-0.2, 0) is 14.3 Å². The van der Waals surface area contributed by atoms with Crippen LogP contribution >= 0.6 is 23.2 Å². The van der Waals surface area contributed by atoms with Gasteiger partial charge in [0.05, 0.1) is 17.2 Å². The number of rotatable bonds is 6. The second-order valence-corrected chi connectivity index (χ2v) is 7.41. The minimum atomic E-state index is -1.23. The maximum atomic E-state index is 12.5. The summed E-state index contributed by atoms with van der Waals surface area (Å²) >= 11 is 12.4. The Morgan fingerprint density at radius 3 is 2.58 bits per heavy atom. The molecule has 0 radical (unpaired) electrons. The van der Waals surface area contributed by atoms with Gasteiger partial charge in [-0.1, -0.05) is 35.3 Å². The highest BCUT2D eigenvalue weighted by molar-refractivity contribution is 6.39. The van der Waals surface area contributed by atoms with Gasteiger partial charge in [-0.15, -0.1) is 0 Å². The zero-order valence-corrected chi connectivity index (χ0v) is 18.1. The zero-order valence-electron chi connectivity index (χ0n) is 16.6. The molecule has 1 amide bonds. The third-order valence-corrected chi connectivity index (χ3v) is 4.86. The van der Waals surface area contributed by atoms with Crippen molar-refractivity contribution in [2.45, 2.75) is 13.8 Å². The van der Waals surface area contributed by atoms with E-state index in [0.29, 0.717) is 27.2 Å². The number of aromatic amines is 1. The number of fused-ring (bicyclic) bond motifs is 1. The van der Waals surface area contributed by atoms with Crippen molar-refractivity contribution < 1.29 is 24.2 Å². The van der Waals surface area contributed by atoms with Gasteiger partial charge in [0, 0.05) is 34.1 Å². The Kier molecular flexibility index (Phi) is 6.68. The predicted octanol–water partition coefficient (Wildman–Crippen LogP) is 5.24. The number of hydrogen-bond donors (Lipinski definition) is 3. The number of anilines is 1. The summed E-state index contributed by atoms with van der Waals surface area (Å²) in [6.07, 6.45) is 1.35. The highest BCUT2D eigenvalue weighted by atomic mass is 35.5. The average Bonchev–Trinajstić information content (AvgIpc) is 3.04. The molecule has 0 aliphatic rings. The summed E-state index contributed by atoms with van der Waals surface area (Å²) in [6.45, 7) is 3.15. The number of hydrogen-bond acceptors (Lipinski definition) is 4. The fraction of sp³-hybridized carbons (Fsp3) is 0.136. The summed E-state index contributed by atoms with van der Waals surface area (Å²) in [4.78, 5) is 38.9. The van der Waals surface area contributed by atoms with Crippen molar-refractivity contribution in [2.75, 3.05) is 11.9 Å². The van der Waals surface area contributed by atoms with Crippen molar-refractivity contribution in [3.8, 4) is 0 Å². The number of esters is 1. The largest absolute Gasteiger partial charge is 0.478 e. The molecule has 31 heavy (non-hydrogen) atoms. The van der Waals surface area contributed by atoms with E-state index in [9.17, 15) is 19.5 Å². The normalized spacial score (nSPS) is 11.4. The molecule has 0 saturated carbocycles. The zero-order chi connectivity index (χ0) is 22.7. The van der Waals surface area contributed by atoms with Crippen molar-refractivity contribution >= 4 is 69.3 Å². The molecule has 0 unspecified atom stereocenters. The minimum absolute atomic E-state index is 0.0535. The third kappa shape index (κ3) is 4.90. The standard InChI is InChI=1S/C22H18Cl2N2O5/c1-3-31-22(30)20-16(19-17(24)8-13(23)9-18(19)26-20)10-15(21(28)29)12-5-4-6-14(7-12)25-11(2)27/h4-10,26H,3H2,1-2H3,(H,25,27)(H,28,29)/b15-10-. The molecule has 0 saturated heterocycles. The first-order valence-corrected chi connectivity index (χ1v) is 9.97. The van der Waals surface area contributed by atoms with Crippen LogP contribution in [0.2, 0.25) is 10.0 Å². The molecule has 1 heterocycles. The Morgan fingerprint density at radius 1 is 1.19 bits per heavy atom. The quantitative estimate of drug-likeness (QED) is 0.344. The van der Waals surface area contributed by atoms with Crippen molar-refractivity contribution in [2.24, 2.45) is 0 Å². The summed E-state index contributed by atoms with van der Waals surface area (Å²) in [7, 11) is 0. The van der Waals surface area contributed by atoms with Gasteiger partial charge in [0.1, 0.15) is 5.69 Å². The lowest BCUT2D eigenvalue weighted by atomic mass is 10.0. The molecule has 0 fully saturated rings. The number of carboxylic acids is 1. The number of ether oxygens (including phenoxy) is 1. The number of aliphatic carboxylic acids is 1. The number of amides is 1. The van der Waals surface area contributed by atoms with Crippen molar-refractivity contribution in [1.82, 2.24) is 4.98 Å². The van der Waals surface area contributed by atoms with Crippen molar-refractivity contribution in [3.63, 3.8) is 0 Å². The number of aromatic nitrogens is 1. The molecule has 0 bridgehead atoms. The van der Waals surface area contributed by atoms with Gasteiger partial charge in [-0.3, -0.25) is 4.79 Å². The lowest BCUT2D eigenvalue weighted by molar-refractivity contribution is -0.130. The number of H-pyrrole nitrogens is 1. The molecular formula is C22H18Cl2N2O5. The molecule has 0 spiro atoms. The van der Waals surface area contributed by atoms with Crippen LogP contribution in [0.5, 0.6) is 0 Å². The van der Waals surface area contributed by atoms with E-state index in [4.69, 9.17) is 27.9 Å². The van der Waals surface area contributed by atoms with Crippen LogP contribution in [0, 0.1) is 0 Å². The van der Waals surface area contributed by atoms with E-state index in [1.807, 2.05) is 0 Å². The number of carbonyl (C=O) groups excluding carboxylic acids is 2. The Balaban J connectivity index is 2.27. The fourth-order valence-electron chi connectivity index (χ4n) is 3.16. The van der Waals surface area contributed by atoms with Crippen LogP contribution in [0.15, 0.2) is 36.4 Å². The number of carboxylic acid groups (broad SMARTS) is 1. The van der Waals surface area contributed by atoms with Crippen LogP contribution in [0.4, 0.5) is 5.69 Å². The number of halogens is 2. The van der Waals surface area contributed by atoms with Gasteiger partial charge in [0.15, 0.2) is 0 Å². The summed E-state index contributed by atoms with van der Waals surface area (Å²) in [5.74, 6) is -2.18. The Hall–Kier alpha value is -3.29. The van der Waals surface area contributed by atoms with Crippen LogP contribution in [0.25, 0.3) is 22.6 Å². The molecular weight excluding hydrogens is 443 g/mol. The van der Waals surface area contributed by atoms with Gasteiger partial charge in [0.25, 0.3) is 0 Å². The van der Waals surface area contributed by atoms with E-state index >= 15 is 0 Å². The maximum absolute atomic E-state index is 12.5. The minimum Gasteiger partial charge on any atom is -0.478 e. The Labute approximate surface area is 187 Å². The first-order valence-electron chi connectivity index (χ1n) is 9.22. The molecule has 160 valence electrons. The van der Waals surface area contributed by atoms with Crippen molar-refractivity contribution in [3.05, 3.63) is 63.3 Å². The van der Waals surface area contributed by atoms with E-state index in [0.717, 1.165) is 0 Å². The Morgan fingerprint density at radius 2 is 1.94 bits per heavy atom. The molecule has 3 N–H and O–H groups in total. The molecule has 9 heteroatoms. The maximum Gasteiger partial charge on any atom is 0.355 e. The fourth-order valence-corrected chi connectivity index (χ4v) is 3.76. The van der Waals surface area contributed by atoms with Gasteiger partial charge < -0.3 is 20.1 Å². The highest BCUT2D eigenvalue weighted by Gasteiger charge is 2.22. The van der Waals surface area contributed by atoms with Crippen LogP contribution in [-0.4, -0.2) is 34.5 Å². The molecule has 1 aromatic heterocycles. The van der Waals surface area contributed by atoms with E-state index in [1.54, 1.807) is 31.2 Å². The average molecular weight is 461 g/mol. The van der Waals surface area contributed by atoms with E-state index in [2.05, 4.69) is 10.3 Å². The van der Waals surface area contributed by atoms with Gasteiger partial charge in [0.2, 0.25) is 5.91 Å². The first-order chi connectivity index (χ1) is 14.7. The third-order valence-electron chi connectivity index (χ3n) is 4.35. The topological polar surface area (TPSA) is 108 Å². The number of benzene rings is 2. The SMILES string of the molecule is CCOC(=O)c1[nH]c2cc(Cl)cc(Cl)c2c1/C=C(\C(=O)O)c1cccc(NC(C)=O)c1. The smallest absolute Gasteiger partial charge is 0.355 e. The molecule has 0 aliphatic carbocycles. The summed E-state index contributed by atoms with van der Waals surface area (Å²) in [6, 6.07) is 9.45. The molecule has 3 rings (SSSR count). The van der Waals surface area contributed by atoms with Gasteiger partial charge >= 0.3 is 11.9 Å². The Bertz CT molecular complexity index is 1230. The second-order valence-electron chi connectivity index (χ2n) is 6.57. The first kappa shape index (κ1) is 22.4. The van der Waals surface area contributed by atoms with Crippen LogP contribution < -0.4 is 5.32 Å². The number of carbonyl (C=O) groups is 3. The summed E-state index contributed by atoms with van der Waals surface area (Å²) in [5.41, 5.74) is 1.43. The van der Waals surface area contributed by atoms with Gasteiger partial charge in [-0.2, -0.15) is 0 Å². The van der Waals surface area contributed by atoms with E-state index in [-0.39, 0.29) is 34.4 Å².